The summed E-state index contributed by atoms with van der Waals surface area (Å²) in [5, 5.41) is 2.05. The molecule has 1 amide bonds. The molecule has 0 aliphatic carbocycles. The molecule has 5 heteroatoms. The molecule has 0 aliphatic rings. The van der Waals surface area contributed by atoms with Crippen molar-refractivity contribution in [2.24, 2.45) is 0 Å². The van der Waals surface area contributed by atoms with E-state index in [2.05, 4.69) is 15.9 Å². The summed E-state index contributed by atoms with van der Waals surface area (Å²) >= 11 is 5.05. The summed E-state index contributed by atoms with van der Waals surface area (Å²) in [6.07, 6.45) is 0. The Morgan fingerprint density at radius 1 is 1.40 bits per heavy atom. The molecular formula is C15H16BrNO2S. The van der Waals surface area contributed by atoms with Crippen LogP contribution in [0.3, 0.4) is 0 Å². The number of hydrogen-bond acceptors (Lipinski definition) is 3. The van der Waals surface area contributed by atoms with Crippen molar-refractivity contribution >= 4 is 33.2 Å². The van der Waals surface area contributed by atoms with Gasteiger partial charge in [-0.2, -0.15) is 0 Å². The third kappa shape index (κ3) is 3.41. The summed E-state index contributed by atoms with van der Waals surface area (Å²) in [4.78, 5) is 14.1. The maximum Gasteiger partial charge on any atom is 0.254 e. The lowest BCUT2D eigenvalue weighted by atomic mass is 10.1. The van der Waals surface area contributed by atoms with Crippen molar-refractivity contribution < 1.29 is 9.53 Å². The van der Waals surface area contributed by atoms with Crippen LogP contribution in [0.2, 0.25) is 0 Å². The predicted octanol–water partition coefficient (Wildman–Crippen LogP) is 4.10. The Balaban J connectivity index is 2.14. The zero-order valence-corrected chi connectivity index (χ0v) is 14.0. The van der Waals surface area contributed by atoms with Crippen LogP contribution in [-0.4, -0.2) is 25.0 Å². The minimum Gasteiger partial charge on any atom is -0.496 e. The molecule has 0 atom stereocenters. The first-order chi connectivity index (χ1) is 9.51. The molecule has 1 heterocycles. The Hall–Kier alpha value is -1.33. The predicted molar refractivity (Wildman–Crippen MR) is 85.5 cm³/mol. The molecule has 0 saturated heterocycles. The highest BCUT2D eigenvalue weighted by Crippen LogP contribution is 2.23. The van der Waals surface area contributed by atoms with Crippen molar-refractivity contribution in [3.05, 3.63) is 50.1 Å². The summed E-state index contributed by atoms with van der Waals surface area (Å²) < 4.78 is 6.34. The van der Waals surface area contributed by atoms with E-state index in [0.29, 0.717) is 12.1 Å². The van der Waals surface area contributed by atoms with Crippen molar-refractivity contribution in [2.75, 3.05) is 14.2 Å². The molecule has 106 valence electrons. The Labute approximate surface area is 131 Å². The van der Waals surface area contributed by atoms with Crippen molar-refractivity contribution in [3.63, 3.8) is 0 Å². The van der Waals surface area contributed by atoms with Crippen molar-refractivity contribution in [1.29, 1.82) is 0 Å². The SMILES string of the molecule is COc1cc(C(=O)N(C)Cc2csc(Br)c2)ccc1C. The number of halogens is 1. The van der Waals surface area contributed by atoms with E-state index in [-0.39, 0.29) is 5.91 Å². The van der Waals surface area contributed by atoms with E-state index in [1.807, 2.05) is 30.5 Å². The summed E-state index contributed by atoms with van der Waals surface area (Å²) in [7, 11) is 3.42. The van der Waals surface area contributed by atoms with Crippen molar-refractivity contribution in [3.8, 4) is 5.75 Å². The Kier molecular flexibility index (Phi) is 4.83. The van der Waals surface area contributed by atoms with Gasteiger partial charge in [-0.1, -0.05) is 6.07 Å². The third-order valence-electron chi connectivity index (χ3n) is 3.04. The van der Waals surface area contributed by atoms with Gasteiger partial charge in [-0.3, -0.25) is 4.79 Å². The van der Waals surface area contributed by atoms with E-state index in [0.717, 1.165) is 20.7 Å². The zero-order valence-electron chi connectivity index (χ0n) is 11.6. The lowest BCUT2D eigenvalue weighted by Gasteiger charge is -2.17. The number of ether oxygens (including phenoxy) is 1. The van der Waals surface area contributed by atoms with Crippen molar-refractivity contribution in [2.45, 2.75) is 13.5 Å². The van der Waals surface area contributed by atoms with E-state index in [4.69, 9.17) is 4.74 Å². The molecular weight excluding hydrogens is 338 g/mol. The van der Waals surface area contributed by atoms with Gasteiger partial charge in [-0.25, -0.2) is 0 Å². The van der Waals surface area contributed by atoms with Gasteiger partial charge >= 0.3 is 0 Å². The smallest absolute Gasteiger partial charge is 0.254 e. The second-order valence-electron chi connectivity index (χ2n) is 4.60. The van der Waals surface area contributed by atoms with Gasteiger partial charge in [0.05, 0.1) is 10.9 Å². The summed E-state index contributed by atoms with van der Waals surface area (Å²) in [6, 6.07) is 7.56. The van der Waals surface area contributed by atoms with Crippen LogP contribution >= 0.6 is 27.3 Å². The number of rotatable bonds is 4. The van der Waals surface area contributed by atoms with Crippen LogP contribution in [0, 0.1) is 6.92 Å². The highest BCUT2D eigenvalue weighted by atomic mass is 79.9. The van der Waals surface area contributed by atoms with Crippen LogP contribution in [0.1, 0.15) is 21.5 Å². The topological polar surface area (TPSA) is 29.5 Å². The van der Waals surface area contributed by atoms with Crippen LogP contribution < -0.4 is 4.74 Å². The fraction of sp³-hybridized carbons (Fsp3) is 0.267. The van der Waals surface area contributed by atoms with Gasteiger partial charge in [0.25, 0.3) is 5.91 Å². The molecule has 0 N–H and O–H groups in total. The van der Waals surface area contributed by atoms with Gasteiger partial charge in [0.2, 0.25) is 0 Å². The highest BCUT2D eigenvalue weighted by molar-refractivity contribution is 9.11. The Morgan fingerprint density at radius 2 is 2.15 bits per heavy atom. The van der Waals surface area contributed by atoms with E-state index in [9.17, 15) is 4.79 Å². The van der Waals surface area contributed by atoms with Gasteiger partial charge in [0.15, 0.2) is 0 Å². The maximum atomic E-state index is 12.4. The number of aryl methyl sites for hydroxylation is 1. The van der Waals surface area contributed by atoms with Gasteiger partial charge in [-0.05, 0) is 57.6 Å². The largest absolute Gasteiger partial charge is 0.496 e. The van der Waals surface area contributed by atoms with E-state index < -0.39 is 0 Å². The highest BCUT2D eigenvalue weighted by Gasteiger charge is 2.14. The molecule has 20 heavy (non-hydrogen) atoms. The average Bonchev–Trinajstić information content (AvgIpc) is 2.83. The monoisotopic (exact) mass is 353 g/mol. The Bertz CT molecular complexity index is 624. The molecule has 1 aromatic carbocycles. The third-order valence-corrected chi connectivity index (χ3v) is 4.60. The lowest BCUT2D eigenvalue weighted by Crippen LogP contribution is -2.26. The lowest BCUT2D eigenvalue weighted by molar-refractivity contribution is 0.0785. The minimum atomic E-state index is -0.00868. The second-order valence-corrected chi connectivity index (χ2v) is 6.90. The minimum absolute atomic E-state index is 0.00868. The number of thiophene rings is 1. The molecule has 0 fully saturated rings. The van der Waals surface area contributed by atoms with Crippen LogP contribution in [0.4, 0.5) is 0 Å². The number of benzene rings is 1. The van der Waals surface area contributed by atoms with E-state index in [1.54, 1.807) is 36.5 Å². The first-order valence-electron chi connectivity index (χ1n) is 6.14. The maximum absolute atomic E-state index is 12.4. The zero-order chi connectivity index (χ0) is 14.7. The fourth-order valence-corrected chi connectivity index (χ4v) is 3.15. The Morgan fingerprint density at radius 3 is 2.75 bits per heavy atom. The van der Waals surface area contributed by atoms with Gasteiger partial charge < -0.3 is 9.64 Å². The molecule has 0 bridgehead atoms. The first kappa shape index (κ1) is 15.1. The van der Waals surface area contributed by atoms with Crippen LogP contribution in [0.25, 0.3) is 0 Å². The molecule has 0 aliphatic heterocycles. The van der Waals surface area contributed by atoms with E-state index in [1.165, 1.54) is 0 Å². The number of methoxy groups -OCH3 is 1. The second kappa shape index (κ2) is 6.41. The van der Waals surface area contributed by atoms with Gasteiger partial charge in [0.1, 0.15) is 5.75 Å². The number of nitrogens with zero attached hydrogens (tertiary/aromatic N) is 1. The summed E-state index contributed by atoms with van der Waals surface area (Å²) in [6.45, 7) is 2.55. The van der Waals surface area contributed by atoms with Crippen LogP contribution in [-0.2, 0) is 6.54 Å². The fourth-order valence-electron chi connectivity index (χ4n) is 1.95. The molecule has 3 nitrogen and oxygen atoms in total. The van der Waals surface area contributed by atoms with Crippen LogP contribution in [0.5, 0.6) is 5.75 Å². The standard InChI is InChI=1S/C15H16BrNO2S/c1-10-4-5-12(7-13(10)19-3)15(18)17(2)8-11-6-14(16)20-9-11/h4-7,9H,8H2,1-3H3. The molecule has 0 spiro atoms. The molecule has 0 unspecified atom stereocenters. The average molecular weight is 354 g/mol. The van der Waals surface area contributed by atoms with Crippen LogP contribution in [0.15, 0.2) is 33.4 Å². The normalized spacial score (nSPS) is 10.4. The van der Waals surface area contributed by atoms with Gasteiger partial charge in [-0.15, -0.1) is 11.3 Å². The molecule has 1 aromatic heterocycles. The molecule has 0 saturated carbocycles. The molecule has 2 aromatic rings. The molecule has 2 rings (SSSR count). The summed E-state index contributed by atoms with van der Waals surface area (Å²) in [5.41, 5.74) is 2.79. The first-order valence-corrected chi connectivity index (χ1v) is 7.81. The number of hydrogen-bond donors (Lipinski definition) is 0. The molecule has 0 radical (unpaired) electrons. The number of carbonyl (C=O) groups is 1. The summed E-state index contributed by atoms with van der Waals surface area (Å²) in [5.74, 6) is 0.730. The number of amides is 1. The van der Waals surface area contributed by atoms with Crippen molar-refractivity contribution in [1.82, 2.24) is 4.90 Å². The van der Waals surface area contributed by atoms with Gasteiger partial charge in [0, 0.05) is 19.2 Å². The quantitative estimate of drug-likeness (QED) is 0.827. The number of carbonyl (C=O) groups excluding carboxylic acids is 1. The van der Waals surface area contributed by atoms with E-state index >= 15 is 0 Å².